The van der Waals surface area contributed by atoms with Gasteiger partial charge in [0.1, 0.15) is 0 Å². The quantitative estimate of drug-likeness (QED) is 0.704. The third kappa shape index (κ3) is 4.90. The molecule has 0 atom stereocenters. The van der Waals surface area contributed by atoms with E-state index in [1.807, 2.05) is 41.3 Å². The zero-order chi connectivity index (χ0) is 21.6. The number of carbonyl (C=O) groups excluding carboxylic acids is 1. The molecule has 1 aromatic heterocycles. The number of aromatic nitrogens is 2. The van der Waals surface area contributed by atoms with E-state index in [0.29, 0.717) is 13.1 Å². The SMILES string of the molecule is CCN(CC)c1ccc(C(=O)N2CCN(c3ccc(N4CCOCC4)nn3)CC2)cc1. The summed E-state index contributed by atoms with van der Waals surface area (Å²) in [5.41, 5.74) is 1.91. The molecule has 0 spiro atoms. The summed E-state index contributed by atoms with van der Waals surface area (Å²) in [6.45, 7) is 12.3. The van der Waals surface area contributed by atoms with Crippen LogP contribution in [-0.4, -0.2) is 86.6 Å². The molecule has 166 valence electrons. The first-order valence-electron chi connectivity index (χ1n) is 11.2. The Kier molecular flexibility index (Phi) is 6.86. The van der Waals surface area contributed by atoms with Crippen LogP contribution in [0.25, 0.3) is 0 Å². The summed E-state index contributed by atoms with van der Waals surface area (Å²) >= 11 is 0. The largest absolute Gasteiger partial charge is 0.378 e. The lowest BCUT2D eigenvalue weighted by atomic mass is 10.1. The number of piperazine rings is 1. The van der Waals surface area contributed by atoms with Crippen LogP contribution in [0.2, 0.25) is 0 Å². The van der Waals surface area contributed by atoms with Crippen molar-refractivity contribution in [1.82, 2.24) is 15.1 Å². The number of amides is 1. The third-order valence-corrected chi connectivity index (χ3v) is 6.11. The molecule has 31 heavy (non-hydrogen) atoms. The topological polar surface area (TPSA) is 65.0 Å². The molecule has 2 fully saturated rings. The van der Waals surface area contributed by atoms with Gasteiger partial charge < -0.3 is 24.3 Å². The standard InChI is InChI=1S/C23H32N6O2/c1-3-26(4-2)20-7-5-19(6-8-20)23(30)29-13-11-27(12-14-29)21-9-10-22(25-24-21)28-15-17-31-18-16-28/h5-10H,3-4,11-18H2,1-2H3. The number of benzene rings is 1. The lowest BCUT2D eigenvalue weighted by molar-refractivity contribution is 0.0746. The van der Waals surface area contributed by atoms with Gasteiger partial charge in [-0.2, -0.15) is 0 Å². The van der Waals surface area contributed by atoms with Gasteiger partial charge in [0.2, 0.25) is 0 Å². The van der Waals surface area contributed by atoms with E-state index >= 15 is 0 Å². The molecule has 0 N–H and O–H groups in total. The van der Waals surface area contributed by atoms with Gasteiger partial charge >= 0.3 is 0 Å². The van der Waals surface area contributed by atoms with Crippen molar-refractivity contribution in [2.75, 3.05) is 80.3 Å². The Balaban J connectivity index is 1.32. The average molecular weight is 425 g/mol. The normalized spacial score (nSPS) is 17.0. The zero-order valence-corrected chi connectivity index (χ0v) is 18.5. The summed E-state index contributed by atoms with van der Waals surface area (Å²) in [6, 6.07) is 12.0. The van der Waals surface area contributed by atoms with Crippen molar-refractivity contribution < 1.29 is 9.53 Å². The highest BCUT2D eigenvalue weighted by Crippen LogP contribution is 2.20. The number of anilines is 3. The lowest BCUT2D eigenvalue weighted by Gasteiger charge is -2.35. The van der Waals surface area contributed by atoms with E-state index in [9.17, 15) is 4.79 Å². The molecule has 2 saturated heterocycles. The molecule has 3 heterocycles. The van der Waals surface area contributed by atoms with Crippen molar-refractivity contribution in [2.24, 2.45) is 0 Å². The van der Waals surface area contributed by atoms with Gasteiger partial charge in [0, 0.05) is 63.6 Å². The van der Waals surface area contributed by atoms with Crippen molar-refractivity contribution in [1.29, 1.82) is 0 Å². The summed E-state index contributed by atoms with van der Waals surface area (Å²) in [5, 5.41) is 8.84. The van der Waals surface area contributed by atoms with Crippen LogP contribution in [-0.2, 0) is 4.74 Å². The van der Waals surface area contributed by atoms with Crippen LogP contribution in [0.4, 0.5) is 17.3 Å². The number of hydrogen-bond donors (Lipinski definition) is 0. The van der Waals surface area contributed by atoms with E-state index in [1.54, 1.807) is 0 Å². The van der Waals surface area contributed by atoms with Crippen molar-refractivity contribution in [3.8, 4) is 0 Å². The third-order valence-electron chi connectivity index (χ3n) is 6.11. The first kappa shape index (κ1) is 21.4. The zero-order valence-electron chi connectivity index (χ0n) is 18.5. The van der Waals surface area contributed by atoms with Crippen LogP contribution < -0.4 is 14.7 Å². The molecular formula is C23H32N6O2. The van der Waals surface area contributed by atoms with Crippen LogP contribution in [0.3, 0.4) is 0 Å². The molecule has 8 heteroatoms. The Bertz CT molecular complexity index is 839. The first-order chi connectivity index (χ1) is 15.2. The maximum atomic E-state index is 12.9. The van der Waals surface area contributed by atoms with E-state index in [-0.39, 0.29) is 5.91 Å². The Labute approximate surface area is 184 Å². The van der Waals surface area contributed by atoms with Gasteiger partial charge in [-0.1, -0.05) is 0 Å². The van der Waals surface area contributed by atoms with Crippen LogP contribution in [0, 0.1) is 0 Å². The number of morpholine rings is 1. The van der Waals surface area contributed by atoms with Gasteiger partial charge in [-0.05, 0) is 50.2 Å². The molecule has 1 amide bonds. The Morgan fingerprint density at radius 2 is 1.39 bits per heavy atom. The van der Waals surface area contributed by atoms with Gasteiger partial charge in [-0.15, -0.1) is 10.2 Å². The van der Waals surface area contributed by atoms with Crippen LogP contribution >= 0.6 is 0 Å². The summed E-state index contributed by atoms with van der Waals surface area (Å²) in [4.78, 5) is 21.5. The van der Waals surface area contributed by atoms with Gasteiger partial charge in [-0.3, -0.25) is 4.79 Å². The second-order valence-corrected chi connectivity index (χ2v) is 7.85. The summed E-state index contributed by atoms with van der Waals surface area (Å²) < 4.78 is 5.40. The number of carbonyl (C=O) groups is 1. The fourth-order valence-electron chi connectivity index (χ4n) is 4.17. The monoisotopic (exact) mass is 424 g/mol. The Morgan fingerprint density at radius 1 is 0.839 bits per heavy atom. The van der Waals surface area contributed by atoms with Crippen molar-refractivity contribution >= 4 is 23.2 Å². The maximum absolute atomic E-state index is 12.9. The molecule has 0 unspecified atom stereocenters. The summed E-state index contributed by atoms with van der Waals surface area (Å²) in [5.74, 6) is 1.86. The van der Waals surface area contributed by atoms with E-state index in [1.165, 1.54) is 0 Å². The average Bonchev–Trinajstić information content (AvgIpc) is 2.85. The van der Waals surface area contributed by atoms with Gasteiger partial charge in [0.05, 0.1) is 13.2 Å². The molecule has 0 aliphatic carbocycles. The predicted molar refractivity (Wildman–Crippen MR) is 123 cm³/mol. The fourth-order valence-corrected chi connectivity index (χ4v) is 4.17. The van der Waals surface area contributed by atoms with Crippen molar-refractivity contribution in [3.05, 3.63) is 42.0 Å². The minimum Gasteiger partial charge on any atom is -0.378 e. The Morgan fingerprint density at radius 3 is 1.90 bits per heavy atom. The highest BCUT2D eigenvalue weighted by Gasteiger charge is 2.23. The predicted octanol–water partition coefficient (Wildman–Crippen LogP) is 2.12. The molecule has 4 rings (SSSR count). The Hall–Kier alpha value is -2.87. The summed E-state index contributed by atoms with van der Waals surface area (Å²) in [7, 11) is 0. The van der Waals surface area contributed by atoms with Gasteiger partial charge in [-0.25, -0.2) is 0 Å². The highest BCUT2D eigenvalue weighted by atomic mass is 16.5. The maximum Gasteiger partial charge on any atom is 0.253 e. The van der Waals surface area contributed by atoms with Crippen molar-refractivity contribution in [3.63, 3.8) is 0 Å². The van der Waals surface area contributed by atoms with Crippen LogP contribution in [0.15, 0.2) is 36.4 Å². The molecule has 0 radical (unpaired) electrons. The van der Waals surface area contributed by atoms with Crippen molar-refractivity contribution in [2.45, 2.75) is 13.8 Å². The number of nitrogens with zero attached hydrogens (tertiary/aromatic N) is 6. The molecule has 0 saturated carbocycles. The summed E-state index contributed by atoms with van der Waals surface area (Å²) in [6.07, 6.45) is 0. The molecule has 8 nitrogen and oxygen atoms in total. The molecule has 1 aromatic carbocycles. The number of ether oxygens (including phenoxy) is 1. The van der Waals surface area contributed by atoms with Crippen LogP contribution in [0.1, 0.15) is 24.2 Å². The molecule has 0 bridgehead atoms. The van der Waals surface area contributed by atoms with Crippen LogP contribution in [0.5, 0.6) is 0 Å². The lowest BCUT2D eigenvalue weighted by Crippen LogP contribution is -2.49. The smallest absolute Gasteiger partial charge is 0.253 e. The van der Waals surface area contributed by atoms with E-state index < -0.39 is 0 Å². The van der Waals surface area contributed by atoms with E-state index in [2.05, 4.69) is 38.7 Å². The molecule has 2 aliphatic rings. The fraction of sp³-hybridized carbons (Fsp3) is 0.522. The number of hydrogen-bond acceptors (Lipinski definition) is 7. The molecular weight excluding hydrogens is 392 g/mol. The highest BCUT2D eigenvalue weighted by molar-refractivity contribution is 5.94. The minimum absolute atomic E-state index is 0.0968. The van der Waals surface area contributed by atoms with E-state index in [0.717, 1.165) is 75.4 Å². The minimum atomic E-state index is 0.0968. The second kappa shape index (κ2) is 9.96. The van der Waals surface area contributed by atoms with Gasteiger partial charge in [0.15, 0.2) is 11.6 Å². The molecule has 2 aliphatic heterocycles. The van der Waals surface area contributed by atoms with Gasteiger partial charge in [0.25, 0.3) is 5.91 Å². The second-order valence-electron chi connectivity index (χ2n) is 7.85. The van der Waals surface area contributed by atoms with E-state index in [4.69, 9.17) is 4.74 Å². The first-order valence-corrected chi connectivity index (χ1v) is 11.2. The molecule has 2 aromatic rings. The number of rotatable bonds is 6.